The van der Waals surface area contributed by atoms with E-state index < -0.39 is 0 Å². The molecule has 1 aromatic heterocycles. The van der Waals surface area contributed by atoms with Crippen LogP contribution in [0, 0.1) is 0 Å². The second-order valence-corrected chi connectivity index (χ2v) is 3.90. The van der Waals surface area contributed by atoms with Gasteiger partial charge in [0.25, 0.3) is 0 Å². The predicted molar refractivity (Wildman–Crippen MR) is 68.5 cm³/mol. The zero-order chi connectivity index (χ0) is 13.5. The average Bonchev–Trinajstić information content (AvgIpc) is 2.47. The topological polar surface area (TPSA) is 61.3 Å². The molecule has 98 valence electrons. The number of methoxy groups -OCH3 is 1. The van der Waals surface area contributed by atoms with Crippen LogP contribution in [-0.4, -0.2) is 23.0 Å². The summed E-state index contributed by atoms with van der Waals surface area (Å²) in [4.78, 5) is 19.5. The molecule has 5 heteroatoms. The molecule has 0 unspecified atom stereocenters. The summed E-state index contributed by atoms with van der Waals surface area (Å²) in [5.74, 6) is -0.308. The minimum atomic E-state index is -0.308. The van der Waals surface area contributed by atoms with Gasteiger partial charge in [0.1, 0.15) is 6.61 Å². The molecule has 0 N–H and O–H groups in total. The number of ether oxygens (including phenoxy) is 2. The fraction of sp³-hybridized carbons (Fsp3) is 0.214. The van der Waals surface area contributed by atoms with Gasteiger partial charge in [-0.25, -0.2) is 9.97 Å². The monoisotopic (exact) mass is 258 g/mol. The maximum atomic E-state index is 11.6. The predicted octanol–water partition coefficient (Wildman–Crippen LogP) is 1.77. The lowest BCUT2D eigenvalue weighted by Crippen LogP contribution is -2.08. The molecule has 1 heterocycles. The van der Waals surface area contributed by atoms with Crippen molar-refractivity contribution in [3.8, 4) is 6.01 Å². The maximum Gasteiger partial charge on any atom is 0.316 e. The van der Waals surface area contributed by atoms with Crippen molar-refractivity contribution in [3.63, 3.8) is 0 Å². The Morgan fingerprint density at radius 1 is 1.11 bits per heavy atom. The summed E-state index contributed by atoms with van der Waals surface area (Å²) in [7, 11) is 1.49. The Kier molecular flexibility index (Phi) is 4.44. The number of rotatable bonds is 5. The van der Waals surface area contributed by atoms with Gasteiger partial charge >= 0.3 is 12.0 Å². The summed E-state index contributed by atoms with van der Waals surface area (Å²) < 4.78 is 10.0. The number of esters is 1. The molecule has 1 aromatic carbocycles. The number of carbonyl (C=O) groups excluding carboxylic acids is 1. The van der Waals surface area contributed by atoms with Crippen molar-refractivity contribution in [2.45, 2.75) is 13.0 Å². The molecule has 0 aliphatic heterocycles. The van der Waals surface area contributed by atoms with E-state index in [-0.39, 0.29) is 25.0 Å². The van der Waals surface area contributed by atoms with Crippen LogP contribution in [-0.2, 0) is 22.6 Å². The highest BCUT2D eigenvalue weighted by molar-refractivity contribution is 5.72. The van der Waals surface area contributed by atoms with E-state index in [2.05, 4.69) is 9.97 Å². The van der Waals surface area contributed by atoms with Crippen LogP contribution in [0.4, 0.5) is 0 Å². The Morgan fingerprint density at radius 3 is 2.42 bits per heavy atom. The lowest BCUT2D eigenvalue weighted by Gasteiger charge is -2.05. The number of benzene rings is 1. The first-order chi connectivity index (χ1) is 9.28. The van der Waals surface area contributed by atoms with Gasteiger partial charge in [-0.05, 0) is 5.56 Å². The van der Waals surface area contributed by atoms with E-state index in [9.17, 15) is 4.79 Å². The molecule has 0 saturated carbocycles. The standard InChI is InChI=1S/C14H14N2O3/c1-18-14-15-8-12(9-16-14)7-13(17)19-10-11-5-3-2-4-6-11/h2-6,8-9H,7,10H2,1H3. The van der Waals surface area contributed by atoms with Crippen LogP contribution < -0.4 is 4.74 Å². The van der Waals surface area contributed by atoms with Crippen molar-refractivity contribution < 1.29 is 14.3 Å². The second-order valence-electron chi connectivity index (χ2n) is 3.90. The van der Waals surface area contributed by atoms with Crippen LogP contribution >= 0.6 is 0 Å². The van der Waals surface area contributed by atoms with Gasteiger partial charge in [-0.1, -0.05) is 30.3 Å². The Balaban J connectivity index is 1.83. The van der Waals surface area contributed by atoms with E-state index in [1.807, 2.05) is 30.3 Å². The van der Waals surface area contributed by atoms with Gasteiger partial charge in [0.05, 0.1) is 13.5 Å². The molecular weight excluding hydrogens is 244 g/mol. The van der Waals surface area contributed by atoms with E-state index in [0.717, 1.165) is 5.56 Å². The third kappa shape index (κ3) is 4.06. The third-order valence-electron chi connectivity index (χ3n) is 2.46. The quantitative estimate of drug-likeness (QED) is 0.765. The fourth-order valence-corrected chi connectivity index (χ4v) is 1.50. The molecule has 0 saturated heterocycles. The fourth-order valence-electron chi connectivity index (χ4n) is 1.50. The minimum Gasteiger partial charge on any atom is -0.467 e. The number of hydrogen-bond acceptors (Lipinski definition) is 5. The number of carbonyl (C=O) groups is 1. The van der Waals surface area contributed by atoms with Gasteiger partial charge in [0.2, 0.25) is 0 Å². The summed E-state index contributed by atoms with van der Waals surface area (Å²) >= 11 is 0. The largest absolute Gasteiger partial charge is 0.467 e. The molecule has 0 bridgehead atoms. The van der Waals surface area contributed by atoms with Gasteiger partial charge < -0.3 is 9.47 Å². The van der Waals surface area contributed by atoms with Crippen molar-refractivity contribution in [1.82, 2.24) is 9.97 Å². The summed E-state index contributed by atoms with van der Waals surface area (Å²) in [6.07, 6.45) is 3.25. The first-order valence-electron chi connectivity index (χ1n) is 5.82. The van der Waals surface area contributed by atoms with Gasteiger partial charge in [-0.2, -0.15) is 0 Å². The Labute approximate surface area is 111 Å². The summed E-state index contributed by atoms with van der Waals surface area (Å²) in [5, 5.41) is 0. The maximum absolute atomic E-state index is 11.6. The first-order valence-corrected chi connectivity index (χ1v) is 5.82. The van der Waals surface area contributed by atoms with Crippen molar-refractivity contribution in [3.05, 3.63) is 53.9 Å². The number of hydrogen-bond donors (Lipinski definition) is 0. The second kappa shape index (κ2) is 6.49. The molecule has 0 fully saturated rings. The average molecular weight is 258 g/mol. The van der Waals surface area contributed by atoms with Crippen molar-refractivity contribution in [1.29, 1.82) is 0 Å². The third-order valence-corrected chi connectivity index (χ3v) is 2.46. The van der Waals surface area contributed by atoms with Crippen molar-refractivity contribution in [2.75, 3.05) is 7.11 Å². The van der Waals surface area contributed by atoms with Crippen molar-refractivity contribution >= 4 is 5.97 Å². The lowest BCUT2D eigenvalue weighted by molar-refractivity contribution is -0.144. The summed E-state index contributed by atoms with van der Waals surface area (Å²) in [6, 6.07) is 9.82. The Hall–Kier alpha value is -2.43. The smallest absolute Gasteiger partial charge is 0.316 e. The molecular formula is C14H14N2O3. The highest BCUT2D eigenvalue weighted by atomic mass is 16.5. The van der Waals surface area contributed by atoms with Crippen LogP contribution in [0.2, 0.25) is 0 Å². The molecule has 0 amide bonds. The first kappa shape index (κ1) is 13.0. The molecule has 2 aromatic rings. The van der Waals surface area contributed by atoms with E-state index in [0.29, 0.717) is 5.56 Å². The molecule has 0 aliphatic carbocycles. The molecule has 5 nitrogen and oxygen atoms in total. The van der Waals surface area contributed by atoms with Crippen LogP contribution in [0.3, 0.4) is 0 Å². The number of aromatic nitrogens is 2. The van der Waals surface area contributed by atoms with Crippen LogP contribution in [0.1, 0.15) is 11.1 Å². The van der Waals surface area contributed by atoms with Gasteiger partial charge in [0.15, 0.2) is 0 Å². The van der Waals surface area contributed by atoms with Gasteiger partial charge in [-0.15, -0.1) is 0 Å². The molecule has 0 spiro atoms. The Morgan fingerprint density at radius 2 is 1.79 bits per heavy atom. The normalized spacial score (nSPS) is 9.95. The van der Waals surface area contributed by atoms with E-state index in [4.69, 9.17) is 9.47 Å². The minimum absolute atomic E-state index is 0.150. The number of nitrogens with zero attached hydrogens (tertiary/aromatic N) is 2. The molecule has 2 rings (SSSR count). The van der Waals surface area contributed by atoms with E-state index in [1.165, 1.54) is 7.11 Å². The SMILES string of the molecule is COc1ncc(CC(=O)OCc2ccccc2)cn1. The van der Waals surface area contributed by atoms with Crippen LogP contribution in [0.25, 0.3) is 0 Å². The van der Waals surface area contributed by atoms with E-state index in [1.54, 1.807) is 12.4 Å². The molecule has 0 radical (unpaired) electrons. The zero-order valence-electron chi connectivity index (χ0n) is 10.6. The summed E-state index contributed by atoms with van der Waals surface area (Å²) in [5.41, 5.74) is 1.65. The van der Waals surface area contributed by atoms with Crippen molar-refractivity contribution in [2.24, 2.45) is 0 Å². The highest BCUT2D eigenvalue weighted by Crippen LogP contribution is 2.05. The van der Waals surface area contributed by atoms with Gasteiger partial charge in [-0.3, -0.25) is 4.79 Å². The Bertz CT molecular complexity index is 526. The molecule has 19 heavy (non-hydrogen) atoms. The highest BCUT2D eigenvalue weighted by Gasteiger charge is 2.06. The van der Waals surface area contributed by atoms with Crippen LogP contribution in [0.5, 0.6) is 6.01 Å². The molecule has 0 atom stereocenters. The summed E-state index contributed by atoms with van der Waals surface area (Å²) in [6.45, 7) is 0.274. The van der Waals surface area contributed by atoms with Crippen LogP contribution in [0.15, 0.2) is 42.7 Å². The van der Waals surface area contributed by atoms with Gasteiger partial charge in [0, 0.05) is 18.0 Å². The zero-order valence-corrected chi connectivity index (χ0v) is 10.6. The van der Waals surface area contributed by atoms with E-state index >= 15 is 0 Å². The lowest BCUT2D eigenvalue weighted by atomic mass is 10.2. The molecule has 0 aliphatic rings.